The highest BCUT2D eigenvalue weighted by molar-refractivity contribution is 4.49. The molecule has 0 saturated heterocycles. The van der Waals surface area contributed by atoms with Gasteiger partial charge in [0.25, 0.3) is 0 Å². The fourth-order valence-electron chi connectivity index (χ4n) is 1.93. The average Bonchev–Trinajstić information content (AvgIpc) is 2.56. The molecule has 0 aliphatic rings. The third kappa shape index (κ3) is 21.2. The van der Waals surface area contributed by atoms with Gasteiger partial charge in [0.05, 0.1) is 6.61 Å². The predicted octanol–water partition coefficient (Wildman–Crippen LogP) is 4.77. The molecule has 0 aromatic carbocycles. The van der Waals surface area contributed by atoms with E-state index in [9.17, 15) is 0 Å². The van der Waals surface area contributed by atoms with Crippen LogP contribution in [0.1, 0.15) is 71.6 Å². The number of rotatable bonds is 20. The van der Waals surface area contributed by atoms with Gasteiger partial charge in [0.15, 0.2) is 0 Å². The summed E-state index contributed by atoms with van der Waals surface area (Å²) >= 11 is 0. The van der Waals surface area contributed by atoms with Gasteiger partial charge < -0.3 is 4.89 Å². The van der Waals surface area contributed by atoms with Gasteiger partial charge in [-0.1, -0.05) is 71.8 Å². The lowest BCUT2D eigenvalue weighted by Gasteiger charge is -2.04. The highest BCUT2D eigenvalue weighted by atomic mass is 17.9. The lowest BCUT2D eigenvalue weighted by atomic mass is 10.0. The lowest BCUT2D eigenvalue weighted by Crippen LogP contribution is -2.02. The molecule has 0 rings (SSSR count). The van der Waals surface area contributed by atoms with Crippen LogP contribution < -0.4 is 0 Å². The highest BCUT2D eigenvalue weighted by Crippen LogP contribution is 2.12. The van der Waals surface area contributed by atoms with E-state index in [0.717, 1.165) is 25.0 Å². The molecule has 0 fully saturated rings. The second-order valence-electron chi connectivity index (χ2n) is 5.57. The normalized spacial score (nSPS) is 11.1. The zero-order valence-corrected chi connectivity index (χ0v) is 14.6. The summed E-state index contributed by atoms with van der Waals surface area (Å²) in [5.41, 5.74) is 0. The van der Waals surface area contributed by atoms with E-state index < -0.39 is 0 Å². The van der Waals surface area contributed by atoms with E-state index in [4.69, 9.17) is 0 Å². The summed E-state index contributed by atoms with van der Waals surface area (Å²) in [5.74, 6) is 0.819. The van der Waals surface area contributed by atoms with Crippen molar-refractivity contribution in [3.8, 4) is 0 Å². The first kappa shape index (κ1) is 23.2. The van der Waals surface area contributed by atoms with E-state index in [2.05, 4.69) is 65.5 Å². The molecule has 0 saturated carbocycles. The van der Waals surface area contributed by atoms with Crippen molar-refractivity contribution in [2.45, 2.75) is 71.6 Å². The van der Waals surface area contributed by atoms with E-state index >= 15 is 0 Å². The molecule has 0 N–H and O–H groups in total. The minimum Gasteiger partial charge on any atom is -0.315 e. The molecule has 0 unspecified atom stereocenters. The molecule has 9 nitrogen and oxygen atoms in total. The largest absolute Gasteiger partial charge is 0.315 e. The van der Waals surface area contributed by atoms with Crippen LogP contribution in [-0.2, 0) is 45.0 Å². The summed E-state index contributed by atoms with van der Waals surface area (Å²) in [6.45, 7) is 8.09. The number of hydrogen-bond acceptors (Lipinski definition) is 9. The summed E-state index contributed by atoms with van der Waals surface area (Å²) in [6, 6.07) is 0. The van der Waals surface area contributed by atoms with Crippen molar-refractivity contribution in [3.05, 3.63) is 12.8 Å². The van der Waals surface area contributed by atoms with Gasteiger partial charge in [0.1, 0.15) is 6.26 Å². The first-order valence-electron chi connectivity index (χ1n) is 8.33. The molecule has 0 aromatic heterocycles. The third-order valence-corrected chi connectivity index (χ3v) is 3.08. The number of unbranched alkanes of at least 4 members (excludes halogenated alkanes) is 7. The van der Waals surface area contributed by atoms with E-state index in [0.29, 0.717) is 6.61 Å². The number of hydrogen-bond donors (Lipinski definition) is 0. The van der Waals surface area contributed by atoms with Crippen LogP contribution in [0, 0.1) is 5.92 Å². The van der Waals surface area contributed by atoms with Crippen LogP contribution in [0.3, 0.4) is 0 Å². The predicted molar refractivity (Wildman–Crippen MR) is 81.2 cm³/mol. The Morgan fingerprint density at radius 3 is 1.75 bits per heavy atom. The Bertz CT molecular complexity index is 251. The van der Waals surface area contributed by atoms with Crippen molar-refractivity contribution in [2.75, 3.05) is 6.61 Å². The van der Waals surface area contributed by atoms with Gasteiger partial charge in [-0.15, -0.1) is 0 Å². The standard InChI is InChI=1S/C15H30O9/c1-4-16-18-20-22-24-23-21-19-17-14-12-10-8-6-5-7-9-11-13-15(2)3/h4,15H,1,5-14H2,2-3H3. The van der Waals surface area contributed by atoms with Crippen molar-refractivity contribution >= 4 is 0 Å². The first-order valence-corrected chi connectivity index (χ1v) is 8.33. The van der Waals surface area contributed by atoms with Crippen LogP contribution in [0.2, 0.25) is 0 Å². The van der Waals surface area contributed by atoms with Crippen LogP contribution in [0.15, 0.2) is 12.8 Å². The van der Waals surface area contributed by atoms with Gasteiger partial charge in [-0.3, -0.25) is 0 Å². The monoisotopic (exact) mass is 354 g/mol. The maximum atomic E-state index is 4.67. The fraction of sp³-hybridized carbons (Fsp3) is 0.867. The molecule has 0 aromatic rings. The van der Waals surface area contributed by atoms with Gasteiger partial charge in [0.2, 0.25) is 0 Å². The Morgan fingerprint density at radius 2 is 1.17 bits per heavy atom. The molecule has 0 bridgehead atoms. The van der Waals surface area contributed by atoms with E-state index in [1.54, 1.807) is 0 Å². The lowest BCUT2D eigenvalue weighted by molar-refractivity contribution is -0.829. The molecule has 0 radical (unpaired) electrons. The molecule has 0 amide bonds. The minimum absolute atomic E-state index is 0.380. The second-order valence-corrected chi connectivity index (χ2v) is 5.57. The molecule has 144 valence electrons. The minimum atomic E-state index is 0.380. The summed E-state index contributed by atoms with van der Waals surface area (Å²) in [5, 5.41) is 27.2. The maximum Gasteiger partial charge on any atom is 0.125 e. The third-order valence-electron chi connectivity index (χ3n) is 3.08. The summed E-state index contributed by atoms with van der Waals surface area (Å²) in [4.78, 5) is 8.72. The molecule has 9 heteroatoms. The van der Waals surface area contributed by atoms with Crippen LogP contribution in [0.4, 0.5) is 0 Å². The zero-order chi connectivity index (χ0) is 17.7. The summed E-state index contributed by atoms with van der Waals surface area (Å²) in [7, 11) is 0. The van der Waals surface area contributed by atoms with Crippen molar-refractivity contribution in [2.24, 2.45) is 5.92 Å². The van der Waals surface area contributed by atoms with Crippen LogP contribution in [0.5, 0.6) is 0 Å². The fourth-order valence-corrected chi connectivity index (χ4v) is 1.93. The van der Waals surface area contributed by atoms with Crippen molar-refractivity contribution in [3.63, 3.8) is 0 Å². The summed E-state index contributed by atoms with van der Waals surface area (Å²) in [6.07, 6.45) is 12.0. The topological polar surface area (TPSA) is 83.1 Å². The Hall–Kier alpha value is -0.780. The Kier molecular flexibility index (Phi) is 19.6. The average molecular weight is 354 g/mol. The smallest absolute Gasteiger partial charge is 0.125 e. The van der Waals surface area contributed by atoms with Crippen LogP contribution in [0.25, 0.3) is 0 Å². The van der Waals surface area contributed by atoms with Crippen LogP contribution >= 0.6 is 0 Å². The molecular weight excluding hydrogens is 324 g/mol. The molecule has 0 heterocycles. The van der Waals surface area contributed by atoms with Gasteiger partial charge in [-0.2, -0.15) is 0 Å². The SMILES string of the molecule is C=COOOOOOOOOCCCCCCCCCCC(C)C. The molecule has 0 spiro atoms. The molecule has 0 aliphatic heterocycles. The van der Waals surface area contributed by atoms with Gasteiger partial charge >= 0.3 is 0 Å². The van der Waals surface area contributed by atoms with E-state index in [-0.39, 0.29) is 0 Å². The molecular formula is C15H30O9. The second kappa shape index (κ2) is 20.3. The van der Waals surface area contributed by atoms with Gasteiger partial charge in [0, 0.05) is 20.2 Å². The van der Waals surface area contributed by atoms with Gasteiger partial charge in [-0.25, -0.2) is 4.89 Å². The first-order chi connectivity index (χ1) is 11.8. The van der Waals surface area contributed by atoms with Crippen molar-refractivity contribution in [1.82, 2.24) is 0 Å². The molecule has 0 atom stereocenters. The zero-order valence-electron chi connectivity index (χ0n) is 14.6. The molecule has 24 heavy (non-hydrogen) atoms. The quantitative estimate of drug-likeness (QED) is 0.133. The van der Waals surface area contributed by atoms with Crippen molar-refractivity contribution in [1.29, 1.82) is 0 Å². The Balaban J connectivity index is 2.97. The maximum absolute atomic E-state index is 4.67. The van der Waals surface area contributed by atoms with Crippen LogP contribution in [-0.4, -0.2) is 6.61 Å². The Morgan fingerprint density at radius 1 is 0.667 bits per heavy atom. The molecule has 0 aliphatic carbocycles. The van der Waals surface area contributed by atoms with Gasteiger partial charge in [-0.05, 0) is 27.5 Å². The van der Waals surface area contributed by atoms with Crippen molar-refractivity contribution < 1.29 is 45.0 Å². The highest BCUT2D eigenvalue weighted by Gasteiger charge is 1.97. The van der Waals surface area contributed by atoms with E-state index in [1.807, 2.05) is 0 Å². The summed E-state index contributed by atoms with van der Waals surface area (Å²) < 4.78 is 0. The Labute approximate surface area is 143 Å². The van der Waals surface area contributed by atoms with E-state index in [1.165, 1.54) is 44.9 Å².